The maximum atomic E-state index is 12.5. The van der Waals surface area contributed by atoms with E-state index in [2.05, 4.69) is 38.1 Å². The van der Waals surface area contributed by atoms with Crippen LogP contribution in [0.25, 0.3) is 10.9 Å². The predicted molar refractivity (Wildman–Crippen MR) is 102 cm³/mol. The Kier molecular flexibility index (Phi) is 4.44. The molecule has 3 aromatic rings. The molecule has 1 aromatic carbocycles. The van der Waals surface area contributed by atoms with E-state index in [4.69, 9.17) is 0 Å². The second-order valence-electron chi connectivity index (χ2n) is 6.57. The lowest BCUT2D eigenvalue weighted by Gasteiger charge is -2.24. The smallest absolute Gasteiger partial charge is 0.224 e. The lowest BCUT2D eigenvalue weighted by molar-refractivity contribution is -0.120. The third-order valence-corrected chi connectivity index (χ3v) is 5.72. The molecule has 3 heterocycles. The zero-order valence-corrected chi connectivity index (χ0v) is 15.1. The SMILES string of the molecule is Cn1cc(CC(=O)NCC2CCCN2c2nccs2)c2ccccc21. The van der Waals surface area contributed by atoms with E-state index in [1.165, 1.54) is 0 Å². The van der Waals surface area contributed by atoms with Crippen molar-refractivity contribution in [2.24, 2.45) is 7.05 Å². The number of nitrogens with one attached hydrogen (secondary N) is 1. The highest BCUT2D eigenvalue weighted by Crippen LogP contribution is 2.27. The van der Waals surface area contributed by atoms with Crippen LogP contribution < -0.4 is 10.2 Å². The first-order chi connectivity index (χ1) is 12.2. The zero-order chi connectivity index (χ0) is 17.2. The van der Waals surface area contributed by atoms with Crippen LogP contribution in [0.1, 0.15) is 18.4 Å². The van der Waals surface area contributed by atoms with Crippen LogP contribution in [-0.2, 0) is 18.3 Å². The fourth-order valence-corrected chi connectivity index (χ4v) is 4.43. The van der Waals surface area contributed by atoms with E-state index in [0.717, 1.165) is 41.0 Å². The molecule has 1 aliphatic heterocycles. The molecule has 4 rings (SSSR count). The van der Waals surface area contributed by atoms with Gasteiger partial charge in [-0.15, -0.1) is 11.3 Å². The largest absolute Gasteiger partial charge is 0.354 e. The van der Waals surface area contributed by atoms with Gasteiger partial charge in [-0.2, -0.15) is 0 Å². The van der Waals surface area contributed by atoms with Crippen molar-refractivity contribution in [2.75, 3.05) is 18.0 Å². The van der Waals surface area contributed by atoms with Gasteiger partial charge in [-0.05, 0) is 24.5 Å². The molecule has 1 saturated heterocycles. The number of anilines is 1. The van der Waals surface area contributed by atoms with Crippen molar-refractivity contribution in [3.8, 4) is 0 Å². The molecular formula is C19H22N4OS. The average Bonchev–Trinajstić information content (AvgIpc) is 3.34. The first-order valence-corrected chi connectivity index (χ1v) is 9.56. The van der Waals surface area contributed by atoms with Crippen molar-refractivity contribution >= 4 is 33.3 Å². The standard InChI is InChI=1S/C19H22N4OS/c1-22-13-14(16-6-2-3-7-17(16)22)11-18(24)21-12-15-5-4-9-23(15)19-20-8-10-25-19/h2-3,6-8,10,13,15H,4-5,9,11-12H2,1H3,(H,21,24). The van der Waals surface area contributed by atoms with Gasteiger partial charge in [0.25, 0.3) is 0 Å². The van der Waals surface area contributed by atoms with Gasteiger partial charge in [0.2, 0.25) is 5.91 Å². The van der Waals surface area contributed by atoms with Crippen molar-refractivity contribution in [2.45, 2.75) is 25.3 Å². The van der Waals surface area contributed by atoms with Crippen LogP contribution in [0.15, 0.2) is 42.0 Å². The second kappa shape index (κ2) is 6.88. The highest BCUT2D eigenvalue weighted by atomic mass is 32.1. The van der Waals surface area contributed by atoms with Crippen molar-refractivity contribution in [3.05, 3.63) is 47.6 Å². The van der Waals surface area contributed by atoms with Crippen molar-refractivity contribution in [1.82, 2.24) is 14.9 Å². The number of para-hydroxylation sites is 1. The van der Waals surface area contributed by atoms with E-state index in [0.29, 0.717) is 19.0 Å². The molecule has 0 bridgehead atoms. The Balaban J connectivity index is 1.39. The number of nitrogens with zero attached hydrogens (tertiary/aromatic N) is 3. The second-order valence-corrected chi connectivity index (χ2v) is 7.44. The van der Waals surface area contributed by atoms with E-state index < -0.39 is 0 Å². The summed E-state index contributed by atoms with van der Waals surface area (Å²) in [4.78, 5) is 19.2. The van der Waals surface area contributed by atoms with Gasteiger partial charge in [-0.1, -0.05) is 18.2 Å². The van der Waals surface area contributed by atoms with Gasteiger partial charge < -0.3 is 14.8 Å². The highest BCUT2D eigenvalue weighted by Gasteiger charge is 2.26. The normalized spacial score (nSPS) is 17.3. The lowest BCUT2D eigenvalue weighted by atomic mass is 10.1. The number of amides is 1. The molecule has 5 nitrogen and oxygen atoms in total. The molecule has 1 N–H and O–H groups in total. The maximum absolute atomic E-state index is 12.5. The van der Waals surface area contributed by atoms with E-state index in [1.54, 1.807) is 11.3 Å². The Hall–Kier alpha value is -2.34. The Morgan fingerprint density at radius 1 is 1.40 bits per heavy atom. The number of thiazole rings is 1. The van der Waals surface area contributed by atoms with Crippen LogP contribution in [0.2, 0.25) is 0 Å². The summed E-state index contributed by atoms with van der Waals surface area (Å²) in [5.41, 5.74) is 2.25. The number of hydrogen-bond acceptors (Lipinski definition) is 4. The molecule has 6 heteroatoms. The minimum absolute atomic E-state index is 0.0855. The molecule has 1 fully saturated rings. The molecule has 1 amide bonds. The van der Waals surface area contributed by atoms with Crippen LogP contribution >= 0.6 is 11.3 Å². The van der Waals surface area contributed by atoms with Crippen LogP contribution in [0.4, 0.5) is 5.13 Å². The number of hydrogen-bond donors (Lipinski definition) is 1. The molecule has 1 aliphatic rings. The molecule has 25 heavy (non-hydrogen) atoms. The van der Waals surface area contributed by atoms with E-state index in [-0.39, 0.29) is 5.91 Å². The van der Waals surface area contributed by atoms with Crippen molar-refractivity contribution < 1.29 is 4.79 Å². The van der Waals surface area contributed by atoms with Gasteiger partial charge in [0, 0.05) is 54.9 Å². The number of benzene rings is 1. The van der Waals surface area contributed by atoms with Crippen LogP contribution in [-0.4, -0.2) is 34.6 Å². The minimum Gasteiger partial charge on any atom is -0.354 e. The Morgan fingerprint density at radius 2 is 2.28 bits per heavy atom. The quantitative estimate of drug-likeness (QED) is 0.766. The van der Waals surface area contributed by atoms with Gasteiger partial charge >= 0.3 is 0 Å². The van der Waals surface area contributed by atoms with Gasteiger partial charge in [0.1, 0.15) is 0 Å². The van der Waals surface area contributed by atoms with E-state index >= 15 is 0 Å². The molecule has 0 saturated carbocycles. The summed E-state index contributed by atoms with van der Waals surface area (Å²) < 4.78 is 2.08. The molecule has 1 unspecified atom stereocenters. The topological polar surface area (TPSA) is 50.2 Å². The predicted octanol–water partition coefficient (Wildman–Crippen LogP) is 2.96. The summed E-state index contributed by atoms with van der Waals surface area (Å²) in [7, 11) is 2.02. The zero-order valence-electron chi connectivity index (χ0n) is 14.3. The fraction of sp³-hybridized carbons (Fsp3) is 0.368. The van der Waals surface area contributed by atoms with Crippen molar-refractivity contribution in [1.29, 1.82) is 0 Å². The summed E-state index contributed by atoms with van der Waals surface area (Å²) in [6, 6.07) is 8.57. The number of fused-ring (bicyclic) bond motifs is 1. The summed E-state index contributed by atoms with van der Waals surface area (Å²) in [5, 5.41) is 7.35. The average molecular weight is 354 g/mol. The Morgan fingerprint density at radius 3 is 3.12 bits per heavy atom. The molecule has 0 spiro atoms. The molecule has 130 valence electrons. The molecule has 0 aliphatic carbocycles. The van der Waals surface area contributed by atoms with Gasteiger partial charge in [0.05, 0.1) is 6.42 Å². The first-order valence-electron chi connectivity index (χ1n) is 8.68. The van der Waals surface area contributed by atoms with Gasteiger partial charge in [-0.25, -0.2) is 4.98 Å². The summed E-state index contributed by atoms with van der Waals surface area (Å²) >= 11 is 1.66. The first kappa shape index (κ1) is 16.1. The lowest BCUT2D eigenvalue weighted by Crippen LogP contribution is -2.40. The third kappa shape index (κ3) is 3.26. The number of aromatic nitrogens is 2. The molecule has 1 atom stereocenters. The molecule has 2 aromatic heterocycles. The van der Waals surface area contributed by atoms with Crippen molar-refractivity contribution in [3.63, 3.8) is 0 Å². The number of carbonyl (C=O) groups excluding carboxylic acids is 1. The summed E-state index contributed by atoms with van der Waals surface area (Å²) in [6.45, 7) is 1.71. The molecular weight excluding hydrogens is 332 g/mol. The van der Waals surface area contributed by atoms with Gasteiger partial charge in [0.15, 0.2) is 5.13 Å². The third-order valence-electron chi connectivity index (χ3n) is 4.91. The Bertz CT molecular complexity index is 871. The Labute approximate surface area is 151 Å². The number of carbonyl (C=O) groups is 1. The van der Waals surface area contributed by atoms with E-state index in [9.17, 15) is 4.79 Å². The number of rotatable bonds is 5. The minimum atomic E-state index is 0.0855. The summed E-state index contributed by atoms with van der Waals surface area (Å²) in [6.07, 6.45) is 6.58. The van der Waals surface area contributed by atoms with Gasteiger partial charge in [-0.3, -0.25) is 4.79 Å². The summed E-state index contributed by atoms with van der Waals surface area (Å²) in [5.74, 6) is 0.0855. The van der Waals surface area contributed by atoms with Crippen LogP contribution in [0, 0.1) is 0 Å². The van der Waals surface area contributed by atoms with E-state index in [1.807, 2.05) is 30.8 Å². The maximum Gasteiger partial charge on any atom is 0.224 e. The van der Waals surface area contributed by atoms with Crippen LogP contribution in [0.5, 0.6) is 0 Å². The molecule has 0 radical (unpaired) electrons. The monoisotopic (exact) mass is 354 g/mol. The highest BCUT2D eigenvalue weighted by molar-refractivity contribution is 7.13. The number of aryl methyl sites for hydroxylation is 1. The van der Waals surface area contributed by atoms with Crippen LogP contribution in [0.3, 0.4) is 0 Å². The fourth-order valence-electron chi connectivity index (χ4n) is 3.69.